The van der Waals surface area contributed by atoms with Crippen molar-refractivity contribution in [3.8, 4) is 0 Å². The average Bonchev–Trinajstić information content (AvgIpc) is 2.70. The third-order valence-electron chi connectivity index (χ3n) is 2.07. The van der Waals surface area contributed by atoms with E-state index in [4.69, 9.17) is 0 Å². The summed E-state index contributed by atoms with van der Waals surface area (Å²) in [4.78, 5) is 3.95. The molecule has 1 heterocycles. The smallest absolute Gasteiger partial charge is 0.239 e. The molecule has 5 heteroatoms. The van der Waals surface area contributed by atoms with E-state index >= 15 is 0 Å². The number of nitrogens with zero attached hydrogens (tertiary/aromatic N) is 1. The maximum absolute atomic E-state index is 12.3. The van der Waals surface area contributed by atoms with E-state index in [0.29, 0.717) is 6.42 Å². The van der Waals surface area contributed by atoms with E-state index < -0.39 is 11.7 Å². The Hall–Kier alpha value is -1.36. The topological polar surface area (TPSA) is 12.9 Å². The van der Waals surface area contributed by atoms with Gasteiger partial charge in [-0.15, -0.1) is 11.3 Å². The van der Waals surface area contributed by atoms with Gasteiger partial charge in [0.15, 0.2) is 0 Å². The number of thiazole rings is 1. The van der Waals surface area contributed by atoms with Crippen LogP contribution in [0.25, 0.3) is 0 Å². The van der Waals surface area contributed by atoms with Gasteiger partial charge in [-0.05, 0) is 17.7 Å². The van der Waals surface area contributed by atoms with E-state index in [0.717, 1.165) is 22.7 Å². The summed E-state index contributed by atoms with van der Waals surface area (Å²) in [5, 5.41) is 2.57. The molecule has 0 aliphatic carbocycles. The van der Waals surface area contributed by atoms with Crippen LogP contribution in [0.3, 0.4) is 0 Å². The molecular weight excluding hydrogens is 235 g/mol. The van der Waals surface area contributed by atoms with Crippen molar-refractivity contribution in [3.05, 3.63) is 52.0 Å². The van der Waals surface area contributed by atoms with Gasteiger partial charge in [-0.3, -0.25) is 0 Å². The van der Waals surface area contributed by atoms with Gasteiger partial charge in [0.05, 0.1) is 10.6 Å². The van der Waals surface area contributed by atoms with Crippen LogP contribution in [0.1, 0.15) is 16.1 Å². The van der Waals surface area contributed by atoms with Crippen LogP contribution >= 0.6 is 11.3 Å². The van der Waals surface area contributed by atoms with Crippen LogP contribution in [0.5, 0.6) is 0 Å². The number of rotatable bonds is 2. The van der Waals surface area contributed by atoms with E-state index in [-0.39, 0.29) is 0 Å². The van der Waals surface area contributed by atoms with Gasteiger partial charge in [0.1, 0.15) is 6.20 Å². The highest BCUT2D eigenvalue weighted by Gasteiger charge is 2.29. The molecule has 1 radical (unpaired) electrons. The van der Waals surface area contributed by atoms with Crippen LogP contribution in [0.2, 0.25) is 0 Å². The Labute approximate surface area is 94.6 Å². The lowest BCUT2D eigenvalue weighted by Gasteiger charge is -2.06. The molecule has 2 aromatic rings. The number of benzene rings is 1. The van der Waals surface area contributed by atoms with Gasteiger partial charge >= 0.3 is 6.18 Å². The summed E-state index contributed by atoms with van der Waals surface area (Å²) in [6, 6.07) is 5.13. The maximum Gasteiger partial charge on any atom is 0.416 e. The summed E-state index contributed by atoms with van der Waals surface area (Å²) in [6.45, 7) is 0. The second kappa shape index (κ2) is 4.25. The fraction of sp³-hybridized carbons (Fsp3) is 0.182. The predicted octanol–water partition coefficient (Wildman–Crippen LogP) is 3.55. The molecule has 0 aliphatic heterocycles. The molecule has 1 nitrogen and oxygen atoms in total. The predicted molar refractivity (Wildman–Crippen MR) is 55.2 cm³/mol. The van der Waals surface area contributed by atoms with Crippen molar-refractivity contribution in [2.75, 3.05) is 0 Å². The molecule has 16 heavy (non-hydrogen) atoms. The third-order valence-corrected chi connectivity index (χ3v) is 2.80. The van der Waals surface area contributed by atoms with E-state index in [1.807, 2.05) is 0 Å². The monoisotopic (exact) mass is 242 g/mol. The molecule has 0 unspecified atom stereocenters. The zero-order valence-electron chi connectivity index (χ0n) is 8.08. The fourth-order valence-electron chi connectivity index (χ4n) is 1.29. The third kappa shape index (κ3) is 2.61. The van der Waals surface area contributed by atoms with Crippen LogP contribution in [0, 0.1) is 6.20 Å². The molecule has 0 atom stereocenters. The zero-order valence-corrected chi connectivity index (χ0v) is 8.90. The van der Waals surface area contributed by atoms with E-state index in [1.54, 1.807) is 5.38 Å². The Morgan fingerprint density at radius 1 is 1.19 bits per heavy atom. The van der Waals surface area contributed by atoms with Crippen molar-refractivity contribution in [2.24, 2.45) is 0 Å². The van der Waals surface area contributed by atoms with Crippen molar-refractivity contribution in [3.63, 3.8) is 0 Å². The first-order valence-electron chi connectivity index (χ1n) is 4.52. The molecule has 1 aromatic heterocycles. The lowest BCUT2D eigenvalue weighted by molar-refractivity contribution is -0.137. The Morgan fingerprint density at radius 3 is 2.38 bits per heavy atom. The first kappa shape index (κ1) is 11.1. The molecule has 0 saturated heterocycles. The molecule has 83 valence electrons. The Bertz CT molecular complexity index is 445. The van der Waals surface area contributed by atoms with E-state index in [2.05, 4.69) is 11.2 Å². The molecular formula is C11H7F3NS. The summed E-state index contributed by atoms with van der Waals surface area (Å²) in [6.07, 6.45) is -1.05. The highest BCUT2D eigenvalue weighted by atomic mass is 32.1. The minimum atomic E-state index is -4.27. The Kier molecular flexibility index (Phi) is 2.96. The van der Waals surface area contributed by atoms with Gasteiger partial charge in [0.25, 0.3) is 0 Å². The number of halogens is 3. The first-order chi connectivity index (χ1) is 7.55. The van der Waals surface area contributed by atoms with Crippen molar-refractivity contribution in [1.82, 2.24) is 4.98 Å². The normalized spacial score (nSPS) is 11.7. The van der Waals surface area contributed by atoms with Crippen LogP contribution in [0.4, 0.5) is 13.2 Å². The average molecular weight is 242 g/mol. The second-order valence-corrected chi connectivity index (χ2v) is 4.18. The summed E-state index contributed by atoms with van der Waals surface area (Å²) in [7, 11) is 0. The summed E-state index contributed by atoms with van der Waals surface area (Å²) >= 11 is 1.44. The molecule has 0 bridgehead atoms. The van der Waals surface area contributed by atoms with Crippen molar-refractivity contribution < 1.29 is 13.2 Å². The quantitative estimate of drug-likeness (QED) is 0.784. The zero-order chi connectivity index (χ0) is 11.6. The van der Waals surface area contributed by atoms with Gasteiger partial charge < -0.3 is 0 Å². The molecule has 2 rings (SSSR count). The standard InChI is InChI=1S/C11H7F3NS/c12-11(13,14)9-3-1-8(2-4-9)7-10-15-5-6-16-10/h1-4,6H,7H2. The van der Waals surface area contributed by atoms with Gasteiger partial charge in [0.2, 0.25) is 0 Å². The van der Waals surface area contributed by atoms with Crippen LogP contribution in [0.15, 0.2) is 29.6 Å². The largest absolute Gasteiger partial charge is 0.416 e. The summed E-state index contributed by atoms with van der Waals surface area (Å²) < 4.78 is 36.8. The van der Waals surface area contributed by atoms with E-state index in [1.165, 1.54) is 23.5 Å². The molecule has 1 aromatic carbocycles. The van der Waals surface area contributed by atoms with E-state index in [9.17, 15) is 13.2 Å². The lowest BCUT2D eigenvalue weighted by atomic mass is 10.1. The van der Waals surface area contributed by atoms with Gasteiger partial charge in [-0.2, -0.15) is 13.2 Å². The van der Waals surface area contributed by atoms with Crippen molar-refractivity contribution >= 4 is 11.3 Å². The second-order valence-electron chi connectivity index (χ2n) is 3.24. The van der Waals surface area contributed by atoms with Gasteiger partial charge in [-0.1, -0.05) is 12.1 Å². The van der Waals surface area contributed by atoms with Crippen molar-refractivity contribution in [1.29, 1.82) is 0 Å². The SMILES string of the molecule is FC(F)(F)c1ccc(Cc2n[c]cs2)cc1. The van der Waals surface area contributed by atoms with Crippen molar-refractivity contribution in [2.45, 2.75) is 12.6 Å². The highest BCUT2D eigenvalue weighted by molar-refractivity contribution is 7.09. The van der Waals surface area contributed by atoms with Crippen LogP contribution in [-0.2, 0) is 12.6 Å². The first-order valence-corrected chi connectivity index (χ1v) is 5.40. The minimum Gasteiger partial charge on any atom is -0.239 e. The van der Waals surface area contributed by atoms with Gasteiger partial charge in [-0.25, -0.2) is 4.98 Å². The molecule has 0 amide bonds. The molecule has 0 saturated carbocycles. The number of alkyl halides is 3. The Balaban J connectivity index is 2.14. The Morgan fingerprint density at radius 2 is 1.88 bits per heavy atom. The number of aromatic nitrogens is 1. The molecule has 0 N–H and O–H groups in total. The van der Waals surface area contributed by atoms with Crippen LogP contribution < -0.4 is 0 Å². The van der Waals surface area contributed by atoms with Crippen LogP contribution in [-0.4, -0.2) is 4.98 Å². The fourth-order valence-corrected chi connectivity index (χ4v) is 1.88. The maximum atomic E-state index is 12.3. The summed E-state index contributed by atoms with van der Waals surface area (Å²) in [5.74, 6) is 0. The highest BCUT2D eigenvalue weighted by Crippen LogP contribution is 2.29. The molecule has 0 fully saturated rings. The molecule has 0 spiro atoms. The number of hydrogen-bond acceptors (Lipinski definition) is 2. The molecule has 0 aliphatic rings. The number of hydrogen-bond donors (Lipinski definition) is 0. The lowest BCUT2D eigenvalue weighted by Crippen LogP contribution is -2.04. The van der Waals surface area contributed by atoms with Gasteiger partial charge in [0, 0.05) is 11.8 Å². The summed E-state index contributed by atoms with van der Waals surface area (Å²) in [5.41, 5.74) is 0.193. The minimum absolute atomic E-state index is 0.548.